The fourth-order valence-corrected chi connectivity index (χ4v) is 0.983. The number of hydrogen-bond donors (Lipinski definition) is 2. The molecule has 0 atom stereocenters. The number of ether oxygens (including phenoxy) is 1. The summed E-state index contributed by atoms with van der Waals surface area (Å²) in [7, 11) is 1.34. The summed E-state index contributed by atoms with van der Waals surface area (Å²) in [6.45, 7) is -3.05. The minimum Gasteiger partial charge on any atom is -0.433 e. The molecule has 1 aromatic carbocycles. The Morgan fingerprint density at radius 2 is 2.12 bits per heavy atom. The summed E-state index contributed by atoms with van der Waals surface area (Å²) in [4.78, 5) is 10.9. The average Bonchev–Trinajstić information content (AvgIpc) is 2.21. The van der Waals surface area contributed by atoms with Gasteiger partial charge in [0.25, 0.3) is 0 Å². The molecule has 0 heterocycles. The normalized spacial score (nSPS) is 10.1. The average molecular weight is 234 g/mol. The molecule has 0 saturated carbocycles. The van der Waals surface area contributed by atoms with Crippen LogP contribution in [0.4, 0.5) is 23.7 Å². The van der Waals surface area contributed by atoms with Crippen LogP contribution in [0.15, 0.2) is 18.2 Å². The van der Waals surface area contributed by atoms with Gasteiger partial charge in [-0.2, -0.15) is 8.78 Å². The fourth-order valence-electron chi connectivity index (χ4n) is 0.983. The summed E-state index contributed by atoms with van der Waals surface area (Å²) in [6, 6.07) is 2.18. The first-order valence-corrected chi connectivity index (χ1v) is 4.26. The molecule has 0 aliphatic rings. The maximum Gasteiger partial charge on any atom is 0.387 e. The van der Waals surface area contributed by atoms with Crippen LogP contribution in [-0.4, -0.2) is 19.7 Å². The maximum absolute atomic E-state index is 12.8. The van der Waals surface area contributed by atoms with Gasteiger partial charge in [-0.25, -0.2) is 9.18 Å². The Labute approximate surface area is 89.4 Å². The third kappa shape index (κ3) is 3.34. The van der Waals surface area contributed by atoms with Gasteiger partial charge in [0.2, 0.25) is 0 Å². The Morgan fingerprint density at radius 3 is 2.69 bits per heavy atom. The largest absolute Gasteiger partial charge is 0.433 e. The van der Waals surface area contributed by atoms with Crippen molar-refractivity contribution in [3.63, 3.8) is 0 Å². The molecule has 0 aromatic heterocycles. The van der Waals surface area contributed by atoms with Crippen molar-refractivity contribution in [2.24, 2.45) is 0 Å². The number of hydrogen-bond acceptors (Lipinski definition) is 2. The summed E-state index contributed by atoms with van der Waals surface area (Å²) in [5, 5.41) is 4.36. The molecule has 0 spiro atoms. The van der Waals surface area contributed by atoms with Gasteiger partial charge in [0.05, 0.1) is 5.69 Å². The number of carbonyl (C=O) groups is 1. The molecule has 2 N–H and O–H groups in total. The molecule has 0 saturated heterocycles. The molecule has 0 radical (unpaired) electrons. The molecule has 2 amide bonds. The minimum atomic E-state index is -3.05. The number of halogens is 3. The van der Waals surface area contributed by atoms with Crippen molar-refractivity contribution in [2.75, 3.05) is 12.4 Å². The van der Waals surface area contributed by atoms with Gasteiger partial charge in [-0.05, 0) is 12.1 Å². The Kier molecular flexibility index (Phi) is 3.98. The van der Waals surface area contributed by atoms with Crippen molar-refractivity contribution >= 4 is 11.7 Å². The van der Waals surface area contributed by atoms with Crippen molar-refractivity contribution in [1.82, 2.24) is 5.32 Å². The molecule has 16 heavy (non-hydrogen) atoms. The number of amides is 2. The lowest BCUT2D eigenvalue weighted by atomic mass is 10.3. The maximum atomic E-state index is 12.8. The van der Waals surface area contributed by atoms with Crippen LogP contribution in [-0.2, 0) is 0 Å². The molecular formula is C9H9F3N2O2. The number of nitrogens with one attached hydrogen (secondary N) is 2. The van der Waals surface area contributed by atoms with Gasteiger partial charge in [-0.3, -0.25) is 0 Å². The molecule has 0 aliphatic carbocycles. The predicted octanol–water partition coefficient (Wildman–Crippen LogP) is 2.18. The third-order valence-electron chi connectivity index (χ3n) is 1.63. The third-order valence-corrected chi connectivity index (χ3v) is 1.63. The molecular weight excluding hydrogens is 225 g/mol. The van der Waals surface area contributed by atoms with Crippen molar-refractivity contribution in [3.8, 4) is 5.75 Å². The Hall–Kier alpha value is -1.92. The van der Waals surface area contributed by atoms with E-state index in [0.29, 0.717) is 0 Å². The van der Waals surface area contributed by atoms with E-state index >= 15 is 0 Å². The predicted molar refractivity (Wildman–Crippen MR) is 51.1 cm³/mol. The van der Waals surface area contributed by atoms with E-state index in [9.17, 15) is 18.0 Å². The van der Waals surface area contributed by atoms with E-state index in [1.54, 1.807) is 0 Å². The second-order valence-corrected chi connectivity index (χ2v) is 2.72. The lowest BCUT2D eigenvalue weighted by molar-refractivity contribution is -0.0494. The highest BCUT2D eigenvalue weighted by molar-refractivity contribution is 5.90. The molecule has 1 rings (SSSR count). The van der Waals surface area contributed by atoms with Crippen LogP contribution in [0.5, 0.6) is 5.75 Å². The number of urea groups is 1. The van der Waals surface area contributed by atoms with Gasteiger partial charge in [0, 0.05) is 13.1 Å². The quantitative estimate of drug-likeness (QED) is 0.842. The number of anilines is 1. The highest BCUT2D eigenvalue weighted by Gasteiger charge is 2.12. The summed E-state index contributed by atoms with van der Waals surface area (Å²) < 4.78 is 40.9. The van der Waals surface area contributed by atoms with Crippen LogP contribution in [0.3, 0.4) is 0 Å². The summed E-state index contributed by atoms with van der Waals surface area (Å²) in [5.74, 6) is -0.979. The summed E-state index contributed by atoms with van der Waals surface area (Å²) in [5.41, 5.74) is -0.167. The first kappa shape index (κ1) is 12.2. The zero-order valence-electron chi connectivity index (χ0n) is 8.26. The lowest BCUT2D eigenvalue weighted by Crippen LogP contribution is -2.25. The first-order valence-electron chi connectivity index (χ1n) is 4.26. The van der Waals surface area contributed by atoms with Gasteiger partial charge in [0.1, 0.15) is 11.6 Å². The van der Waals surface area contributed by atoms with Crippen LogP contribution >= 0.6 is 0 Å². The van der Waals surface area contributed by atoms with E-state index in [1.807, 2.05) is 0 Å². The van der Waals surface area contributed by atoms with E-state index in [1.165, 1.54) is 7.05 Å². The topological polar surface area (TPSA) is 50.4 Å². The SMILES string of the molecule is CNC(=O)Nc1cc(F)ccc1OC(F)F. The Balaban J connectivity index is 2.93. The van der Waals surface area contributed by atoms with E-state index in [2.05, 4.69) is 15.4 Å². The van der Waals surface area contributed by atoms with Crippen molar-refractivity contribution in [1.29, 1.82) is 0 Å². The second-order valence-electron chi connectivity index (χ2n) is 2.72. The van der Waals surface area contributed by atoms with Crippen LogP contribution in [0, 0.1) is 5.82 Å². The Morgan fingerprint density at radius 1 is 1.44 bits per heavy atom. The smallest absolute Gasteiger partial charge is 0.387 e. The minimum absolute atomic E-state index is 0.167. The lowest BCUT2D eigenvalue weighted by Gasteiger charge is -2.11. The molecule has 88 valence electrons. The van der Waals surface area contributed by atoms with Gasteiger partial charge in [-0.1, -0.05) is 0 Å². The van der Waals surface area contributed by atoms with E-state index in [-0.39, 0.29) is 11.4 Å². The zero-order valence-corrected chi connectivity index (χ0v) is 8.26. The number of carbonyl (C=O) groups excluding carboxylic acids is 1. The van der Waals surface area contributed by atoms with Crippen LogP contribution in [0.2, 0.25) is 0 Å². The number of rotatable bonds is 3. The van der Waals surface area contributed by atoms with Crippen LogP contribution in [0.1, 0.15) is 0 Å². The monoisotopic (exact) mass is 234 g/mol. The van der Waals surface area contributed by atoms with Gasteiger partial charge >= 0.3 is 12.6 Å². The molecule has 0 aliphatic heterocycles. The standard InChI is InChI=1S/C9H9F3N2O2/c1-13-9(15)14-6-4-5(10)2-3-7(6)16-8(11)12/h2-4,8H,1H3,(H2,13,14,15). The van der Waals surface area contributed by atoms with Crippen molar-refractivity contribution in [2.45, 2.75) is 6.61 Å². The molecule has 1 aromatic rings. The molecule has 7 heteroatoms. The molecule has 4 nitrogen and oxygen atoms in total. The van der Waals surface area contributed by atoms with E-state index in [4.69, 9.17) is 0 Å². The fraction of sp³-hybridized carbons (Fsp3) is 0.222. The zero-order chi connectivity index (χ0) is 12.1. The summed E-state index contributed by atoms with van der Waals surface area (Å²) >= 11 is 0. The summed E-state index contributed by atoms with van der Waals surface area (Å²) in [6.07, 6.45) is 0. The number of benzene rings is 1. The first-order chi connectivity index (χ1) is 7.52. The van der Waals surface area contributed by atoms with E-state index < -0.39 is 18.5 Å². The molecule has 0 fully saturated rings. The highest BCUT2D eigenvalue weighted by Crippen LogP contribution is 2.26. The highest BCUT2D eigenvalue weighted by atomic mass is 19.3. The van der Waals surface area contributed by atoms with Gasteiger partial charge in [0.15, 0.2) is 0 Å². The van der Waals surface area contributed by atoms with Crippen LogP contribution in [0.25, 0.3) is 0 Å². The van der Waals surface area contributed by atoms with Gasteiger partial charge in [-0.15, -0.1) is 0 Å². The van der Waals surface area contributed by atoms with Crippen molar-refractivity contribution in [3.05, 3.63) is 24.0 Å². The van der Waals surface area contributed by atoms with Crippen LogP contribution < -0.4 is 15.4 Å². The van der Waals surface area contributed by atoms with Crippen molar-refractivity contribution < 1.29 is 22.7 Å². The second kappa shape index (κ2) is 5.24. The van der Waals surface area contributed by atoms with Gasteiger partial charge < -0.3 is 15.4 Å². The number of alkyl halides is 2. The molecule has 0 bridgehead atoms. The Bertz CT molecular complexity index is 385. The van der Waals surface area contributed by atoms with E-state index in [0.717, 1.165) is 18.2 Å². The molecule has 0 unspecified atom stereocenters.